The Bertz CT molecular complexity index is 1220. The molecular weight excluding hydrogens is 463 g/mol. The number of hydrazine groups is 1. The minimum atomic E-state index is -0.680. The Morgan fingerprint density at radius 2 is 1.97 bits per heavy atom. The van der Waals surface area contributed by atoms with E-state index < -0.39 is 11.2 Å². The van der Waals surface area contributed by atoms with Crippen molar-refractivity contribution in [1.82, 2.24) is 5.53 Å². The number of carbonyl (C=O) groups is 1. The summed E-state index contributed by atoms with van der Waals surface area (Å²) in [6, 6.07) is 9.00. The molecule has 1 atom stereocenters. The second kappa shape index (κ2) is 8.85. The lowest BCUT2D eigenvalue weighted by Gasteiger charge is -2.37. The predicted octanol–water partition coefficient (Wildman–Crippen LogP) is 3.13. The van der Waals surface area contributed by atoms with Crippen molar-refractivity contribution in [2.24, 2.45) is 22.1 Å². The summed E-state index contributed by atoms with van der Waals surface area (Å²) in [5.41, 5.74) is 10.3. The summed E-state index contributed by atoms with van der Waals surface area (Å²) in [6.45, 7) is 7.24. The average Bonchev–Trinajstić information content (AvgIpc) is 3.37. The van der Waals surface area contributed by atoms with Crippen LogP contribution in [-0.2, 0) is 16.6 Å². The number of nitrogens with two attached hydrogens (primary N) is 2. The maximum Gasteiger partial charge on any atom is 0.235 e. The van der Waals surface area contributed by atoms with Gasteiger partial charge in [0.1, 0.15) is 11.7 Å². The van der Waals surface area contributed by atoms with E-state index >= 15 is 4.39 Å². The summed E-state index contributed by atoms with van der Waals surface area (Å²) in [6.07, 6.45) is 2.62. The van der Waals surface area contributed by atoms with Gasteiger partial charge in [-0.3, -0.25) is 4.79 Å². The number of halogens is 1. The molecule has 36 heavy (non-hydrogen) atoms. The van der Waals surface area contributed by atoms with E-state index in [2.05, 4.69) is 41.6 Å². The SMILES string of the molecule is CC(C)(C)C1Cc2cc(NC(=O)C3(c4ccc5c(c4)OCO5)CC3)c(F)cc2N1CCC(N)=NNN. The second-order valence-electron chi connectivity index (χ2n) is 10.8. The van der Waals surface area contributed by atoms with Crippen molar-refractivity contribution in [3.8, 4) is 11.5 Å². The summed E-state index contributed by atoms with van der Waals surface area (Å²) in [5.74, 6) is 6.24. The van der Waals surface area contributed by atoms with E-state index in [-0.39, 0.29) is 29.8 Å². The summed E-state index contributed by atoms with van der Waals surface area (Å²) in [5, 5.41) is 6.70. The highest BCUT2D eigenvalue weighted by Gasteiger charge is 2.52. The largest absolute Gasteiger partial charge is 0.454 e. The Labute approximate surface area is 210 Å². The molecule has 2 aromatic rings. The number of hydrogen-bond acceptors (Lipinski definition) is 7. The van der Waals surface area contributed by atoms with Crippen LogP contribution in [-0.4, -0.2) is 31.1 Å². The van der Waals surface area contributed by atoms with Crippen molar-refractivity contribution in [2.45, 2.75) is 57.9 Å². The van der Waals surface area contributed by atoms with Gasteiger partial charge in [-0.25, -0.2) is 15.8 Å². The van der Waals surface area contributed by atoms with Gasteiger partial charge >= 0.3 is 0 Å². The maximum absolute atomic E-state index is 15.4. The van der Waals surface area contributed by atoms with Crippen molar-refractivity contribution < 1.29 is 18.7 Å². The van der Waals surface area contributed by atoms with Crippen molar-refractivity contribution in [1.29, 1.82) is 0 Å². The molecule has 9 nitrogen and oxygen atoms in total. The Hall–Kier alpha value is -3.53. The first-order valence-corrected chi connectivity index (χ1v) is 12.2. The molecule has 0 spiro atoms. The number of nitrogens with one attached hydrogen (secondary N) is 2. The number of ether oxygens (including phenoxy) is 2. The lowest BCUT2D eigenvalue weighted by molar-refractivity contribution is -0.118. The Morgan fingerprint density at radius 1 is 1.22 bits per heavy atom. The molecule has 1 amide bonds. The summed E-state index contributed by atoms with van der Waals surface area (Å²) >= 11 is 0. The van der Waals surface area contributed by atoms with Gasteiger partial charge in [0, 0.05) is 24.7 Å². The van der Waals surface area contributed by atoms with E-state index in [1.807, 2.05) is 18.2 Å². The molecule has 2 aliphatic heterocycles. The van der Waals surface area contributed by atoms with Gasteiger partial charge in [0.25, 0.3) is 0 Å². The number of nitrogens with zero attached hydrogens (tertiary/aromatic N) is 2. The van der Waals surface area contributed by atoms with Gasteiger partial charge in [-0.1, -0.05) is 26.8 Å². The number of hydrazone groups is 1. The molecule has 192 valence electrons. The third-order valence-electron chi connectivity index (χ3n) is 7.44. The number of amidine groups is 1. The molecule has 1 fully saturated rings. The number of fused-ring (bicyclic) bond motifs is 2. The molecule has 1 saturated carbocycles. The van der Waals surface area contributed by atoms with Gasteiger partial charge in [0.15, 0.2) is 11.5 Å². The van der Waals surface area contributed by atoms with Crippen LogP contribution in [0, 0.1) is 11.2 Å². The number of carbonyl (C=O) groups excluding carboxylic acids is 1. The molecule has 2 heterocycles. The van der Waals surface area contributed by atoms with E-state index in [9.17, 15) is 4.79 Å². The molecule has 6 N–H and O–H groups in total. The van der Waals surface area contributed by atoms with Crippen molar-refractivity contribution in [2.75, 3.05) is 23.6 Å². The molecule has 0 aromatic heterocycles. The first-order valence-electron chi connectivity index (χ1n) is 12.2. The summed E-state index contributed by atoms with van der Waals surface area (Å²) in [4.78, 5) is 15.6. The number of anilines is 2. The van der Waals surface area contributed by atoms with Gasteiger partial charge in [0.05, 0.1) is 11.1 Å². The number of amides is 1. The summed E-state index contributed by atoms with van der Waals surface area (Å²) in [7, 11) is 0. The quantitative estimate of drug-likeness (QED) is 0.201. The fraction of sp³-hybridized carbons (Fsp3) is 0.462. The molecule has 0 radical (unpaired) electrons. The monoisotopic (exact) mass is 496 g/mol. The lowest BCUT2D eigenvalue weighted by Crippen LogP contribution is -2.43. The van der Waals surface area contributed by atoms with Crippen LogP contribution in [0.2, 0.25) is 0 Å². The van der Waals surface area contributed by atoms with E-state index in [0.717, 1.165) is 23.2 Å². The molecule has 10 heteroatoms. The van der Waals surface area contributed by atoms with Crippen molar-refractivity contribution >= 4 is 23.1 Å². The van der Waals surface area contributed by atoms with E-state index in [1.165, 1.54) is 6.07 Å². The van der Waals surface area contributed by atoms with Crippen LogP contribution in [0.1, 0.15) is 51.2 Å². The molecule has 5 rings (SSSR count). The molecule has 3 aliphatic rings. The Balaban J connectivity index is 1.38. The third kappa shape index (κ3) is 4.30. The highest BCUT2D eigenvalue weighted by molar-refractivity contribution is 6.02. The standard InChI is InChI=1S/C26H33FN6O3/c1-25(2,3)22-11-15-10-18(17(27)13-19(15)33(22)9-6-23(28)31-32-29)30-24(34)26(7-8-26)16-4-5-20-21(12-16)36-14-35-20/h4-5,10,12-13,22,32H,6-9,11,14,29H2,1-3H3,(H2,28,31)(H,30,34). The molecule has 1 unspecified atom stereocenters. The zero-order chi connectivity index (χ0) is 25.7. The molecular formula is C26H33FN6O3. The van der Waals surface area contributed by atoms with Crippen molar-refractivity contribution in [3.63, 3.8) is 0 Å². The summed E-state index contributed by atoms with van der Waals surface area (Å²) < 4.78 is 26.2. The van der Waals surface area contributed by atoms with Crippen LogP contribution in [0.5, 0.6) is 11.5 Å². The molecule has 0 saturated heterocycles. The minimum Gasteiger partial charge on any atom is -0.454 e. The van der Waals surface area contributed by atoms with Crippen LogP contribution < -0.4 is 36.8 Å². The maximum atomic E-state index is 15.4. The highest BCUT2D eigenvalue weighted by atomic mass is 19.1. The van der Waals surface area contributed by atoms with Gasteiger partial charge in [-0.05, 0) is 60.1 Å². The Kier molecular flexibility index (Phi) is 5.94. The van der Waals surface area contributed by atoms with Gasteiger partial charge in [-0.15, -0.1) is 0 Å². The van der Waals surface area contributed by atoms with Crippen LogP contribution in [0.15, 0.2) is 35.4 Å². The van der Waals surface area contributed by atoms with E-state index in [1.54, 1.807) is 6.07 Å². The molecule has 2 aromatic carbocycles. The average molecular weight is 497 g/mol. The van der Waals surface area contributed by atoms with E-state index in [4.69, 9.17) is 21.1 Å². The number of benzene rings is 2. The van der Waals surface area contributed by atoms with Gasteiger partial charge in [-0.2, -0.15) is 5.10 Å². The van der Waals surface area contributed by atoms with Gasteiger partial charge < -0.3 is 25.4 Å². The zero-order valence-corrected chi connectivity index (χ0v) is 20.9. The van der Waals surface area contributed by atoms with E-state index in [0.29, 0.717) is 43.1 Å². The van der Waals surface area contributed by atoms with Crippen LogP contribution >= 0.6 is 0 Å². The molecule has 0 bridgehead atoms. The minimum absolute atomic E-state index is 0.0612. The highest BCUT2D eigenvalue weighted by Crippen LogP contribution is 2.51. The second-order valence-corrected chi connectivity index (χ2v) is 10.8. The molecule has 1 aliphatic carbocycles. The smallest absolute Gasteiger partial charge is 0.235 e. The predicted molar refractivity (Wildman–Crippen MR) is 136 cm³/mol. The number of rotatable bonds is 7. The Morgan fingerprint density at radius 3 is 2.67 bits per heavy atom. The first-order chi connectivity index (χ1) is 17.1. The van der Waals surface area contributed by atoms with Crippen LogP contribution in [0.4, 0.5) is 15.8 Å². The van der Waals surface area contributed by atoms with Crippen molar-refractivity contribution in [3.05, 3.63) is 47.3 Å². The fourth-order valence-corrected chi connectivity index (χ4v) is 5.25. The third-order valence-corrected chi connectivity index (χ3v) is 7.44. The number of hydrogen-bond donors (Lipinski definition) is 4. The topological polar surface area (TPSA) is 127 Å². The fourth-order valence-electron chi connectivity index (χ4n) is 5.25. The van der Waals surface area contributed by atoms with Gasteiger partial charge in [0.2, 0.25) is 12.7 Å². The van der Waals surface area contributed by atoms with Crippen LogP contribution in [0.3, 0.4) is 0 Å². The lowest BCUT2D eigenvalue weighted by atomic mass is 9.84. The zero-order valence-electron chi connectivity index (χ0n) is 20.9. The first kappa shape index (κ1) is 24.2. The van der Waals surface area contributed by atoms with Crippen LogP contribution in [0.25, 0.3) is 0 Å². The normalized spacial score (nSPS) is 19.8.